The Morgan fingerprint density at radius 2 is 2.20 bits per heavy atom. The summed E-state index contributed by atoms with van der Waals surface area (Å²) in [6.07, 6.45) is 1.80. The summed E-state index contributed by atoms with van der Waals surface area (Å²) in [5.74, 6) is 1.54. The number of thiazole rings is 1. The molecule has 20 heavy (non-hydrogen) atoms. The van der Waals surface area contributed by atoms with Gasteiger partial charge in [-0.15, -0.1) is 11.3 Å². The molecule has 0 atom stereocenters. The molecule has 6 heteroatoms. The van der Waals surface area contributed by atoms with Gasteiger partial charge in [-0.3, -0.25) is 4.99 Å². The Kier molecular flexibility index (Phi) is 3.56. The number of fused-ring (bicyclic) bond motifs is 1. The molecule has 0 bridgehead atoms. The molecule has 0 radical (unpaired) electrons. The number of hydrogen-bond acceptors (Lipinski definition) is 5. The van der Waals surface area contributed by atoms with Crippen molar-refractivity contribution in [3.63, 3.8) is 0 Å². The fourth-order valence-electron chi connectivity index (χ4n) is 1.89. The van der Waals surface area contributed by atoms with Crippen molar-refractivity contribution in [2.75, 3.05) is 13.3 Å². The van der Waals surface area contributed by atoms with Crippen LogP contribution in [0.4, 0.5) is 0 Å². The van der Waals surface area contributed by atoms with Crippen molar-refractivity contribution in [1.29, 1.82) is 0 Å². The number of hydrogen-bond donors (Lipinski definition) is 0. The molecule has 0 unspecified atom stereocenters. The van der Waals surface area contributed by atoms with E-state index in [0.29, 0.717) is 0 Å². The van der Waals surface area contributed by atoms with E-state index >= 15 is 0 Å². The molecule has 2 heterocycles. The molecular weight excluding hydrogens is 274 g/mol. The van der Waals surface area contributed by atoms with Crippen molar-refractivity contribution < 1.29 is 9.47 Å². The van der Waals surface area contributed by atoms with E-state index in [2.05, 4.69) is 10.1 Å². The molecule has 0 N–H and O–H groups in total. The number of aryl methyl sites for hydroxylation is 1. The van der Waals surface area contributed by atoms with E-state index in [1.165, 1.54) is 0 Å². The van der Waals surface area contributed by atoms with Crippen LogP contribution in [0.3, 0.4) is 0 Å². The first-order chi connectivity index (χ1) is 9.78. The molecule has 0 saturated carbocycles. The van der Waals surface area contributed by atoms with Gasteiger partial charge in [-0.25, -0.2) is 4.68 Å². The minimum Gasteiger partial charge on any atom is -0.454 e. The van der Waals surface area contributed by atoms with Crippen LogP contribution in [0.15, 0.2) is 33.7 Å². The molecule has 1 aromatic carbocycles. The van der Waals surface area contributed by atoms with Gasteiger partial charge in [0.2, 0.25) is 11.6 Å². The van der Waals surface area contributed by atoms with Gasteiger partial charge in [-0.05, 0) is 37.6 Å². The Bertz CT molecular complexity index is 715. The molecule has 0 saturated heterocycles. The molecule has 3 rings (SSSR count). The van der Waals surface area contributed by atoms with Gasteiger partial charge < -0.3 is 9.47 Å². The highest BCUT2D eigenvalue weighted by Crippen LogP contribution is 2.31. The van der Waals surface area contributed by atoms with Gasteiger partial charge >= 0.3 is 0 Å². The Balaban J connectivity index is 1.91. The van der Waals surface area contributed by atoms with Crippen LogP contribution in [0.5, 0.6) is 11.5 Å². The summed E-state index contributed by atoms with van der Waals surface area (Å²) in [6, 6.07) is 5.77. The highest BCUT2D eigenvalue weighted by Gasteiger charge is 2.12. The van der Waals surface area contributed by atoms with Crippen LogP contribution in [0.25, 0.3) is 0 Å². The van der Waals surface area contributed by atoms with Crippen molar-refractivity contribution in [3.05, 3.63) is 39.6 Å². The second-order valence-corrected chi connectivity index (χ2v) is 5.14. The van der Waals surface area contributed by atoms with E-state index in [-0.39, 0.29) is 6.79 Å². The molecule has 0 fully saturated rings. The minimum atomic E-state index is 0.286. The van der Waals surface area contributed by atoms with Crippen LogP contribution in [0.2, 0.25) is 0 Å². The van der Waals surface area contributed by atoms with Gasteiger partial charge in [0.05, 0.1) is 11.9 Å². The Morgan fingerprint density at radius 3 is 3.05 bits per heavy atom. The first kappa shape index (κ1) is 12.9. The summed E-state index contributed by atoms with van der Waals surface area (Å²) in [6.45, 7) is 5.07. The summed E-state index contributed by atoms with van der Waals surface area (Å²) in [5, 5.41) is 6.54. The smallest absolute Gasteiger partial charge is 0.231 e. The summed E-state index contributed by atoms with van der Waals surface area (Å²) < 4.78 is 12.5. The third-order valence-electron chi connectivity index (χ3n) is 2.86. The van der Waals surface area contributed by atoms with E-state index in [1.807, 2.05) is 42.1 Å². The van der Waals surface area contributed by atoms with Gasteiger partial charge in [-0.2, -0.15) is 5.10 Å². The van der Waals surface area contributed by atoms with E-state index in [9.17, 15) is 0 Å². The second kappa shape index (κ2) is 5.50. The number of rotatable bonds is 3. The van der Waals surface area contributed by atoms with Crippen LogP contribution >= 0.6 is 11.3 Å². The standard InChI is InChI=1S/C14H15N3O2S/c1-3-15-14-17(10(2)8-20-14)16-7-11-4-5-12-13(6-11)19-9-18-12/h4-8H,3,9H2,1-2H3. The van der Waals surface area contributed by atoms with Crippen molar-refractivity contribution in [3.8, 4) is 11.5 Å². The summed E-state index contributed by atoms with van der Waals surface area (Å²) >= 11 is 1.59. The van der Waals surface area contributed by atoms with Crippen molar-refractivity contribution in [1.82, 2.24) is 4.68 Å². The lowest BCUT2D eigenvalue weighted by Crippen LogP contribution is -2.12. The zero-order valence-corrected chi connectivity index (χ0v) is 12.2. The van der Waals surface area contributed by atoms with E-state index in [0.717, 1.165) is 34.1 Å². The number of ether oxygens (including phenoxy) is 2. The summed E-state index contributed by atoms with van der Waals surface area (Å²) in [4.78, 5) is 5.33. The highest BCUT2D eigenvalue weighted by atomic mass is 32.1. The SMILES string of the molecule is CCN=c1scc(C)n1N=Cc1ccc2c(c1)OCO2. The van der Waals surface area contributed by atoms with Crippen LogP contribution < -0.4 is 14.3 Å². The zero-order valence-electron chi connectivity index (χ0n) is 11.4. The number of nitrogens with zero attached hydrogens (tertiary/aromatic N) is 3. The van der Waals surface area contributed by atoms with Crippen molar-refractivity contribution in [2.45, 2.75) is 13.8 Å². The van der Waals surface area contributed by atoms with Gasteiger partial charge in [0, 0.05) is 11.9 Å². The van der Waals surface area contributed by atoms with Gasteiger partial charge in [0.1, 0.15) is 0 Å². The van der Waals surface area contributed by atoms with E-state index < -0.39 is 0 Å². The van der Waals surface area contributed by atoms with Crippen molar-refractivity contribution in [2.24, 2.45) is 10.1 Å². The lowest BCUT2D eigenvalue weighted by Gasteiger charge is -1.99. The lowest BCUT2D eigenvalue weighted by molar-refractivity contribution is 0.174. The fraction of sp³-hybridized carbons (Fsp3) is 0.286. The monoisotopic (exact) mass is 289 g/mol. The maximum absolute atomic E-state index is 5.36. The van der Waals surface area contributed by atoms with E-state index in [4.69, 9.17) is 9.47 Å². The molecule has 1 aliphatic heterocycles. The highest BCUT2D eigenvalue weighted by molar-refractivity contribution is 7.07. The minimum absolute atomic E-state index is 0.286. The number of aromatic nitrogens is 1. The Morgan fingerprint density at radius 1 is 1.35 bits per heavy atom. The third kappa shape index (κ3) is 2.46. The predicted octanol–water partition coefficient (Wildman–Crippen LogP) is 2.39. The fourth-order valence-corrected chi connectivity index (χ4v) is 2.76. The zero-order chi connectivity index (χ0) is 13.9. The first-order valence-electron chi connectivity index (χ1n) is 6.39. The van der Waals surface area contributed by atoms with Gasteiger partial charge in [-0.1, -0.05) is 0 Å². The Hall–Kier alpha value is -2.08. The Labute approximate surface area is 120 Å². The second-order valence-electron chi connectivity index (χ2n) is 4.30. The normalized spacial score (nSPS) is 14.4. The van der Waals surface area contributed by atoms with Crippen LogP contribution in [0.1, 0.15) is 18.2 Å². The largest absolute Gasteiger partial charge is 0.454 e. The topological polar surface area (TPSA) is 48.1 Å². The van der Waals surface area contributed by atoms with Gasteiger partial charge in [0.15, 0.2) is 11.5 Å². The molecule has 0 amide bonds. The molecule has 0 aliphatic carbocycles. The predicted molar refractivity (Wildman–Crippen MR) is 78.7 cm³/mol. The summed E-state index contributed by atoms with van der Waals surface area (Å²) in [7, 11) is 0. The molecular formula is C14H15N3O2S. The first-order valence-corrected chi connectivity index (χ1v) is 7.27. The molecule has 2 aromatic rings. The molecule has 5 nitrogen and oxygen atoms in total. The van der Waals surface area contributed by atoms with Crippen LogP contribution in [-0.4, -0.2) is 24.2 Å². The average Bonchev–Trinajstić information content (AvgIpc) is 3.04. The third-order valence-corrected chi connectivity index (χ3v) is 3.83. The average molecular weight is 289 g/mol. The molecule has 1 aromatic heterocycles. The van der Waals surface area contributed by atoms with Gasteiger partial charge in [0.25, 0.3) is 0 Å². The quantitative estimate of drug-likeness (QED) is 0.815. The molecule has 1 aliphatic rings. The van der Waals surface area contributed by atoms with E-state index in [1.54, 1.807) is 17.6 Å². The summed E-state index contributed by atoms with van der Waals surface area (Å²) in [5.41, 5.74) is 2.04. The molecule has 0 spiro atoms. The lowest BCUT2D eigenvalue weighted by atomic mass is 10.2. The maximum atomic E-state index is 5.36. The van der Waals surface area contributed by atoms with Crippen LogP contribution in [-0.2, 0) is 0 Å². The maximum Gasteiger partial charge on any atom is 0.231 e. The number of benzene rings is 1. The van der Waals surface area contributed by atoms with Crippen molar-refractivity contribution >= 4 is 17.6 Å². The van der Waals surface area contributed by atoms with Crippen LogP contribution in [0, 0.1) is 6.92 Å². The molecule has 104 valence electrons.